The normalized spacial score (nSPS) is 20.2. The maximum atomic E-state index is 10.6. The van der Waals surface area contributed by atoms with Crippen LogP contribution in [0.2, 0.25) is 0 Å². The average Bonchev–Trinajstić information content (AvgIpc) is 2.64. The lowest BCUT2D eigenvalue weighted by Gasteiger charge is -2.04. The first-order valence-corrected chi connectivity index (χ1v) is 3.55. The lowest BCUT2D eigenvalue weighted by Crippen LogP contribution is -2.20. The molecule has 3 nitrogen and oxygen atoms in total. The highest BCUT2D eigenvalue weighted by molar-refractivity contribution is 5.73. The van der Waals surface area contributed by atoms with Gasteiger partial charge in [0.05, 0.1) is 6.61 Å². The zero-order chi connectivity index (χ0) is 7.56. The molecule has 58 valence electrons. The molecule has 3 heteroatoms. The van der Waals surface area contributed by atoms with Gasteiger partial charge in [0.25, 0.3) is 0 Å². The minimum absolute atomic E-state index is 0.490. The summed E-state index contributed by atoms with van der Waals surface area (Å²) in [7, 11) is 0. The summed E-state index contributed by atoms with van der Waals surface area (Å²) in [5, 5.41) is 8.68. The Morgan fingerprint density at radius 3 is 2.80 bits per heavy atom. The summed E-state index contributed by atoms with van der Waals surface area (Å²) in [6.45, 7) is 1.90. The van der Waals surface area contributed by atoms with Crippen LogP contribution in [0.1, 0.15) is 19.8 Å². The topological polar surface area (TPSA) is 46.5 Å². The van der Waals surface area contributed by atoms with Crippen LogP contribution in [0.15, 0.2) is 0 Å². The van der Waals surface area contributed by atoms with Gasteiger partial charge < -0.3 is 9.84 Å². The summed E-state index contributed by atoms with van der Waals surface area (Å²) >= 11 is 0. The number of ether oxygens (including phenoxy) is 1. The molecule has 0 aromatic heterocycles. The van der Waals surface area contributed by atoms with Gasteiger partial charge in [-0.15, -0.1) is 0 Å². The monoisotopic (exact) mass is 144 g/mol. The van der Waals surface area contributed by atoms with Crippen molar-refractivity contribution in [3.63, 3.8) is 0 Å². The zero-order valence-electron chi connectivity index (χ0n) is 6.04. The smallest absolute Gasteiger partial charge is 0.334 e. The van der Waals surface area contributed by atoms with Crippen LogP contribution in [0.25, 0.3) is 0 Å². The molecule has 0 radical (unpaired) electrons. The van der Waals surface area contributed by atoms with Gasteiger partial charge in [-0.05, 0) is 25.7 Å². The number of carbonyl (C=O) groups is 1. The maximum Gasteiger partial charge on any atom is 0.334 e. The van der Waals surface area contributed by atoms with E-state index in [4.69, 9.17) is 9.84 Å². The van der Waals surface area contributed by atoms with Gasteiger partial charge in [-0.3, -0.25) is 0 Å². The molecule has 1 unspecified atom stereocenters. The quantitative estimate of drug-likeness (QED) is 0.580. The van der Waals surface area contributed by atoms with E-state index in [1.165, 1.54) is 6.92 Å². The summed E-state index contributed by atoms with van der Waals surface area (Å²) in [6, 6.07) is 0. The Kier molecular flexibility index (Phi) is 2.27. The van der Waals surface area contributed by atoms with Crippen LogP contribution in [0.5, 0.6) is 0 Å². The van der Waals surface area contributed by atoms with Crippen molar-refractivity contribution in [2.24, 2.45) is 5.92 Å². The van der Waals surface area contributed by atoms with Crippen molar-refractivity contribution in [3.05, 3.63) is 0 Å². The van der Waals surface area contributed by atoms with Gasteiger partial charge >= 0.3 is 5.97 Å². The highest BCUT2D eigenvalue weighted by atomic mass is 16.5. The SMILES string of the molecule is CC(O)C(=O)OCC1CC1. The first-order chi connectivity index (χ1) is 4.70. The van der Waals surface area contributed by atoms with Gasteiger partial charge in [0.1, 0.15) is 6.10 Å². The molecule has 0 saturated heterocycles. The highest BCUT2D eigenvalue weighted by Crippen LogP contribution is 2.28. The van der Waals surface area contributed by atoms with E-state index >= 15 is 0 Å². The lowest BCUT2D eigenvalue weighted by molar-refractivity contribution is -0.153. The molecule has 0 aromatic rings. The van der Waals surface area contributed by atoms with E-state index < -0.39 is 12.1 Å². The lowest BCUT2D eigenvalue weighted by atomic mass is 10.4. The molecule has 1 rings (SSSR count). The third kappa shape index (κ3) is 2.35. The van der Waals surface area contributed by atoms with E-state index in [0.717, 1.165) is 12.8 Å². The van der Waals surface area contributed by atoms with Crippen LogP contribution in [0.3, 0.4) is 0 Å². The molecule has 0 bridgehead atoms. The molecule has 0 amide bonds. The molecule has 0 aromatic carbocycles. The number of carbonyl (C=O) groups excluding carboxylic acids is 1. The average molecular weight is 144 g/mol. The predicted octanol–water partition coefficient (Wildman–Crippen LogP) is 0.320. The summed E-state index contributed by atoms with van der Waals surface area (Å²) in [6.07, 6.45) is 1.35. The van der Waals surface area contributed by atoms with Gasteiger partial charge in [-0.1, -0.05) is 0 Å². The van der Waals surface area contributed by atoms with Crippen molar-refractivity contribution in [1.82, 2.24) is 0 Å². The third-order valence-electron chi connectivity index (χ3n) is 1.50. The molecule has 10 heavy (non-hydrogen) atoms. The molecule has 1 N–H and O–H groups in total. The summed E-state index contributed by atoms with van der Waals surface area (Å²) in [4.78, 5) is 10.6. The Morgan fingerprint density at radius 2 is 2.40 bits per heavy atom. The standard InChI is InChI=1S/C7H12O3/c1-5(8)7(9)10-4-6-2-3-6/h5-6,8H,2-4H2,1H3. The molecule has 0 spiro atoms. The van der Waals surface area contributed by atoms with Gasteiger partial charge in [-0.2, -0.15) is 0 Å². The number of esters is 1. The molecule has 0 aliphatic heterocycles. The number of hydrogen-bond acceptors (Lipinski definition) is 3. The Balaban J connectivity index is 2.05. The number of hydrogen-bond donors (Lipinski definition) is 1. The van der Waals surface area contributed by atoms with E-state index in [1.54, 1.807) is 0 Å². The van der Waals surface area contributed by atoms with E-state index in [9.17, 15) is 4.79 Å². The van der Waals surface area contributed by atoms with Crippen molar-refractivity contribution < 1.29 is 14.6 Å². The Morgan fingerprint density at radius 1 is 1.80 bits per heavy atom. The fourth-order valence-corrected chi connectivity index (χ4v) is 0.605. The molecule has 1 saturated carbocycles. The van der Waals surface area contributed by atoms with Gasteiger partial charge in [-0.25, -0.2) is 4.79 Å². The van der Waals surface area contributed by atoms with E-state index in [-0.39, 0.29) is 0 Å². The zero-order valence-corrected chi connectivity index (χ0v) is 6.04. The second kappa shape index (κ2) is 3.01. The predicted molar refractivity (Wildman–Crippen MR) is 35.4 cm³/mol. The second-order valence-corrected chi connectivity index (χ2v) is 2.75. The molecule has 1 fully saturated rings. The largest absolute Gasteiger partial charge is 0.463 e. The first-order valence-electron chi connectivity index (χ1n) is 3.55. The maximum absolute atomic E-state index is 10.6. The minimum Gasteiger partial charge on any atom is -0.463 e. The van der Waals surface area contributed by atoms with Crippen LogP contribution in [-0.4, -0.2) is 23.8 Å². The number of aliphatic hydroxyl groups excluding tert-OH is 1. The highest BCUT2D eigenvalue weighted by Gasteiger charge is 2.23. The van der Waals surface area contributed by atoms with Crippen LogP contribution in [-0.2, 0) is 9.53 Å². The Labute approximate surface area is 60.0 Å². The van der Waals surface area contributed by atoms with Crippen molar-refractivity contribution >= 4 is 5.97 Å². The van der Waals surface area contributed by atoms with E-state index in [0.29, 0.717) is 12.5 Å². The molecule has 1 atom stereocenters. The Hall–Kier alpha value is -0.570. The minimum atomic E-state index is -0.973. The number of rotatable bonds is 3. The van der Waals surface area contributed by atoms with Crippen LogP contribution >= 0.6 is 0 Å². The summed E-state index contributed by atoms with van der Waals surface area (Å²) in [5.41, 5.74) is 0. The van der Waals surface area contributed by atoms with Crippen molar-refractivity contribution in [2.75, 3.05) is 6.61 Å². The molecular formula is C7H12O3. The van der Waals surface area contributed by atoms with Crippen molar-refractivity contribution in [3.8, 4) is 0 Å². The van der Waals surface area contributed by atoms with Crippen molar-refractivity contribution in [1.29, 1.82) is 0 Å². The van der Waals surface area contributed by atoms with Gasteiger partial charge in [0.2, 0.25) is 0 Å². The van der Waals surface area contributed by atoms with E-state index in [1.807, 2.05) is 0 Å². The van der Waals surface area contributed by atoms with Crippen LogP contribution in [0.4, 0.5) is 0 Å². The molecule has 1 aliphatic carbocycles. The Bertz CT molecular complexity index is 127. The van der Waals surface area contributed by atoms with Crippen LogP contribution < -0.4 is 0 Å². The number of aliphatic hydroxyl groups is 1. The first kappa shape index (κ1) is 7.54. The molecular weight excluding hydrogens is 132 g/mol. The fraction of sp³-hybridized carbons (Fsp3) is 0.857. The molecule has 0 heterocycles. The third-order valence-corrected chi connectivity index (χ3v) is 1.50. The summed E-state index contributed by atoms with van der Waals surface area (Å²) < 4.78 is 4.74. The second-order valence-electron chi connectivity index (χ2n) is 2.75. The fourth-order valence-electron chi connectivity index (χ4n) is 0.605. The molecule has 1 aliphatic rings. The van der Waals surface area contributed by atoms with Gasteiger partial charge in [0, 0.05) is 0 Å². The van der Waals surface area contributed by atoms with Crippen LogP contribution in [0, 0.1) is 5.92 Å². The summed E-state index contributed by atoms with van der Waals surface area (Å²) in [5.74, 6) is 0.0644. The van der Waals surface area contributed by atoms with Crippen molar-refractivity contribution in [2.45, 2.75) is 25.9 Å². The van der Waals surface area contributed by atoms with Gasteiger partial charge in [0.15, 0.2) is 0 Å². The van der Waals surface area contributed by atoms with E-state index in [2.05, 4.69) is 0 Å².